The number of aliphatic hydroxyl groups is 1. The van der Waals surface area contributed by atoms with Crippen LogP contribution in [0.2, 0.25) is 0 Å². The topological polar surface area (TPSA) is 127 Å². The van der Waals surface area contributed by atoms with Crippen LogP contribution in [0.4, 0.5) is 0 Å². The molecular weight excluding hydrogens is 502 g/mol. The highest BCUT2D eigenvalue weighted by molar-refractivity contribution is 6.02. The number of carbonyl (C=O) groups is 2. The van der Waals surface area contributed by atoms with Crippen LogP contribution in [0.3, 0.4) is 0 Å². The first-order valence-electron chi connectivity index (χ1n) is 13.1. The lowest BCUT2D eigenvalue weighted by Crippen LogP contribution is -2.49. The highest BCUT2D eigenvalue weighted by Gasteiger charge is 2.34. The normalized spacial score (nSPS) is 18.7. The smallest absolute Gasteiger partial charge is 0.340 e. The summed E-state index contributed by atoms with van der Waals surface area (Å²) < 4.78 is 6.55. The fraction of sp³-hybridized carbons (Fsp3) is 0.393. The van der Waals surface area contributed by atoms with Crippen molar-refractivity contribution in [1.29, 1.82) is 0 Å². The van der Waals surface area contributed by atoms with Gasteiger partial charge in [-0.2, -0.15) is 0 Å². The molecule has 0 radical (unpaired) electrons. The van der Waals surface area contributed by atoms with Gasteiger partial charge >= 0.3 is 5.97 Å². The minimum atomic E-state index is -1.52. The second-order valence-corrected chi connectivity index (χ2v) is 9.97. The van der Waals surface area contributed by atoms with E-state index < -0.39 is 12.1 Å². The zero-order valence-electron chi connectivity index (χ0n) is 21.6. The number of piperazine rings is 1. The van der Waals surface area contributed by atoms with Crippen molar-refractivity contribution in [3.8, 4) is 11.4 Å². The molecule has 2 aromatic heterocycles. The summed E-state index contributed by atoms with van der Waals surface area (Å²) in [6.07, 6.45) is 1.14. The van der Waals surface area contributed by atoms with Gasteiger partial charge in [0.1, 0.15) is 6.61 Å². The van der Waals surface area contributed by atoms with Crippen molar-refractivity contribution in [1.82, 2.24) is 19.4 Å². The average Bonchev–Trinajstić information content (AvgIpc) is 3.32. The number of amides is 1. The number of rotatable bonds is 6. The number of oxime groups is 1. The van der Waals surface area contributed by atoms with Gasteiger partial charge in [0.05, 0.1) is 35.2 Å². The number of aliphatic hydroxyl groups excluding tert-OH is 1. The largest absolute Gasteiger partial charge is 0.458 e. The third-order valence-corrected chi connectivity index (χ3v) is 7.62. The van der Waals surface area contributed by atoms with Crippen LogP contribution in [-0.2, 0) is 32.3 Å². The predicted octanol–water partition coefficient (Wildman–Crippen LogP) is 1.42. The molecule has 1 amide bonds. The lowest BCUT2D eigenvalue weighted by molar-refractivity contribution is -0.157. The van der Waals surface area contributed by atoms with Gasteiger partial charge in [0.2, 0.25) is 0 Å². The fourth-order valence-corrected chi connectivity index (χ4v) is 5.56. The lowest BCUT2D eigenvalue weighted by Gasteiger charge is -2.34. The maximum Gasteiger partial charge on any atom is 0.340 e. The third kappa shape index (κ3) is 4.47. The summed E-state index contributed by atoms with van der Waals surface area (Å²) in [4.78, 5) is 52.3. The standard InChI is InChI=1S/C28H29N5O6/c1-2-7-31-8-10-32(11-9-31)24(34)16-39-29-13-19-17-5-3-4-6-22(17)30-25-20(19)14-33-23(25)12-18-21(27(33)36)15-38-28(37)26(18)35/h3-6,12-13,26,35H,2,7-11,14-16H2,1H3/b29-13+. The Morgan fingerprint density at radius 1 is 1.21 bits per heavy atom. The van der Waals surface area contributed by atoms with Crippen molar-refractivity contribution in [2.45, 2.75) is 32.6 Å². The molecule has 0 aliphatic carbocycles. The molecule has 1 fully saturated rings. The minimum Gasteiger partial charge on any atom is -0.458 e. The van der Waals surface area contributed by atoms with Crippen LogP contribution < -0.4 is 5.56 Å². The molecule has 0 bridgehead atoms. The number of fused-ring (bicyclic) bond motifs is 5. The zero-order valence-corrected chi connectivity index (χ0v) is 21.6. The summed E-state index contributed by atoms with van der Waals surface area (Å²) in [6.45, 7) is 6.16. The molecule has 3 aliphatic heterocycles. The summed E-state index contributed by atoms with van der Waals surface area (Å²) in [6, 6.07) is 9.18. The molecule has 39 heavy (non-hydrogen) atoms. The van der Waals surface area contributed by atoms with E-state index in [1.54, 1.807) is 21.7 Å². The number of hydrogen-bond donors (Lipinski definition) is 1. The molecule has 1 aromatic carbocycles. The summed E-state index contributed by atoms with van der Waals surface area (Å²) in [5.41, 5.74) is 3.44. The van der Waals surface area contributed by atoms with Crippen LogP contribution in [0, 0.1) is 0 Å². The number of aromatic nitrogens is 2. The van der Waals surface area contributed by atoms with Crippen LogP contribution in [0.25, 0.3) is 22.3 Å². The highest BCUT2D eigenvalue weighted by Crippen LogP contribution is 2.37. The van der Waals surface area contributed by atoms with E-state index in [0.29, 0.717) is 30.0 Å². The molecule has 11 heteroatoms. The van der Waals surface area contributed by atoms with Gasteiger partial charge in [-0.3, -0.25) is 14.5 Å². The highest BCUT2D eigenvalue weighted by atomic mass is 16.6. The number of carbonyl (C=O) groups excluding carboxylic acids is 2. The maximum absolute atomic E-state index is 13.3. The summed E-state index contributed by atoms with van der Waals surface area (Å²) in [5.74, 6) is -0.883. The van der Waals surface area contributed by atoms with Gasteiger partial charge in [0, 0.05) is 48.3 Å². The van der Waals surface area contributed by atoms with Crippen molar-refractivity contribution in [2.75, 3.05) is 39.3 Å². The van der Waals surface area contributed by atoms with Crippen molar-refractivity contribution in [3.05, 3.63) is 62.9 Å². The minimum absolute atomic E-state index is 0.104. The van der Waals surface area contributed by atoms with Crippen molar-refractivity contribution in [2.24, 2.45) is 5.16 Å². The Labute approximate surface area is 224 Å². The molecule has 5 heterocycles. The number of benzene rings is 1. The van der Waals surface area contributed by atoms with Crippen molar-refractivity contribution >= 4 is 29.0 Å². The molecular formula is C28H29N5O6. The number of hydrogen-bond acceptors (Lipinski definition) is 9. The monoisotopic (exact) mass is 531 g/mol. The van der Waals surface area contributed by atoms with E-state index in [-0.39, 0.29) is 42.4 Å². The zero-order chi connectivity index (χ0) is 27.1. The Bertz CT molecular complexity index is 1560. The van der Waals surface area contributed by atoms with E-state index in [1.165, 1.54) is 0 Å². The van der Waals surface area contributed by atoms with Gasteiger partial charge in [-0.05, 0) is 25.1 Å². The maximum atomic E-state index is 13.3. The predicted molar refractivity (Wildman–Crippen MR) is 142 cm³/mol. The summed E-state index contributed by atoms with van der Waals surface area (Å²) >= 11 is 0. The quantitative estimate of drug-likeness (QED) is 0.225. The second kappa shape index (κ2) is 10.2. The fourth-order valence-electron chi connectivity index (χ4n) is 5.56. The van der Waals surface area contributed by atoms with Gasteiger partial charge in [0.15, 0.2) is 12.7 Å². The number of para-hydroxylation sites is 1. The Hall–Kier alpha value is -4.09. The molecule has 1 saturated heterocycles. The Morgan fingerprint density at radius 3 is 2.79 bits per heavy atom. The van der Waals surface area contributed by atoms with Crippen LogP contribution in [0.5, 0.6) is 0 Å². The lowest BCUT2D eigenvalue weighted by atomic mass is 9.99. The van der Waals surface area contributed by atoms with Crippen LogP contribution in [0.15, 0.2) is 40.3 Å². The van der Waals surface area contributed by atoms with E-state index in [4.69, 9.17) is 14.6 Å². The molecule has 0 spiro atoms. The first-order valence-corrected chi connectivity index (χ1v) is 13.1. The van der Waals surface area contributed by atoms with E-state index in [2.05, 4.69) is 17.0 Å². The SMILES string of the molecule is CCCN1CCN(C(=O)CO/N=C/c2c3c(nc4ccccc24)-c2cc4c(c(=O)n2C3)COC(=O)C4O)CC1. The second-order valence-electron chi connectivity index (χ2n) is 9.97. The number of ether oxygens (including phenoxy) is 1. The number of pyridine rings is 2. The molecule has 6 rings (SSSR count). The van der Waals surface area contributed by atoms with Crippen molar-refractivity contribution < 1.29 is 24.3 Å². The van der Waals surface area contributed by atoms with Gasteiger partial charge in [-0.25, -0.2) is 9.78 Å². The average molecular weight is 532 g/mol. The molecule has 1 atom stereocenters. The van der Waals surface area contributed by atoms with Crippen LogP contribution in [-0.4, -0.2) is 81.9 Å². The molecule has 3 aromatic rings. The number of cyclic esters (lactones) is 1. The third-order valence-electron chi connectivity index (χ3n) is 7.62. The molecule has 0 saturated carbocycles. The molecule has 1 N–H and O–H groups in total. The molecule has 202 valence electrons. The Balaban J connectivity index is 1.27. The van der Waals surface area contributed by atoms with E-state index in [9.17, 15) is 19.5 Å². The van der Waals surface area contributed by atoms with Gasteiger partial charge in [-0.15, -0.1) is 0 Å². The summed E-state index contributed by atoms with van der Waals surface area (Å²) in [7, 11) is 0. The number of nitrogens with zero attached hydrogens (tertiary/aromatic N) is 5. The number of esters is 1. The first kappa shape index (κ1) is 25.2. The van der Waals surface area contributed by atoms with E-state index in [0.717, 1.165) is 42.6 Å². The molecule has 11 nitrogen and oxygen atoms in total. The van der Waals surface area contributed by atoms with E-state index >= 15 is 0 Å². The van der Waals surface area contributed by atoms with Gasteiger partial charge in [-0.1, -0.05) is 30.3 Å². The van der Waals surface area contributed by atoms with Gasteiger partial charge in [0.25, 0.3) is 11.5 Å². The Kier molecular flexibility index (Phi) is 6.61. The van der Waals surface area contributed by atoms with Crippen LogP contribution in [0.1, 0.15) is 41.7 Å². The van der Waals surface area contributed by atoms with E-state index in [1.807, 2.05) is 24.3 Å². The van der Waals surface area contributed by atoms with Crippen molar-refractivity contribution in [3.63, 3.8) is 0 Å². The van der Waals surface area contributed by atoms with Crippen LogP contribution >= 0.6 is 0 Å². The first-order chi connectivity index (χ1) is 19.0. The molecule has 1 unspecified atom stereocenters. The molecule has 3 aliphatic rings. The van der Waals surface area contributed by atoms with Gasteiger partial charge < -0.3 is 24.1 Å². The summed E-state index contributed by atoms with van der Waals surface area (Å²) in [5, 5.41) is 15.3. The Morgan fingerprint density at radius 2 is 2.00 bits per heavy atom.